The number of carbonyl (C=O) groups is 1. The van der Waals surface area contributed by atoms with E-state index in [2.05, 4.69) is 24.0 Å². The van der Waals surface area contributed by atoms with Gasteiger partial charge in [-0.05, 0) is 12.8 Å². The third kappa shape index (κ3) is 4.84. The molecule has 5 nitrogen and oxygen atoms in total. The SMILES string of the molecule is CCCN(CCC)C(=O)CCSc1nnc(-c2ccccc2)n1C. The standard InChI is InChI=1S/C18H26N4OS/c1-4-12-22(13-5-2)16(23)11-14-24-18-20-19-17(21(18)3)15-9-7-6-8-10-15/h6-10H,4-5,11-14H2,1-3H3. The van der Waals surface area contributed by atoms with Crippen LogP contribution in [0.15, 0.2) is 35.5 Å². The summed E-state index contributed by atoms with van der Waals surface area (Å²) in [6.07, 6.45) is 2.55. The molecule has 0 aliphatic rings. The predicted octanol–water partition coefficient (Wildman–Crippen LogP) is 3.61. The highest BCUT2D eigenvalue weighted by molar-refractivity contribution is 7.99. The Balaban J connectivity index is 1.91. The van der Waals surface area contributed by atoms with Gasteiger partial charge in [0, 0.05) is 37.9 Å². The fraction of sp³-hybridized carbons (Fsp3) is 0.500. The number of thioether (sulfide) groups is 1. The highest BCUT2D eigenvalue weighted by Crippen LogP contribution is 2.22. The summed E-state index contributed by atoms with van der Waals surface area (Å²) < 4.78 is 1.99. The van der Waals surface area contributed by atoms with Gasteiger partial charge in [0.05, 0.1) is 0 Å². The first-order chi connectivity index (χ1) is 11.7. The molecule has 130 valence electrons. The predicted molar refractivity (Wildman–Crippen MR) is 98.9 cm³/mol. The van der Waals surface area contributed by atoms with Gasteiger partial charge in [0.25, 0.3) is 0 Å². The molecule has 1 aromatic carbocycles. The van der Waals surface area contributed by atoms with Crippen molar-refractivity contribution in [1.82, 2.24) is 19.7 Å². The molecule has 2 aromatic rings. The Kier molecular flexibility index (Phi) is 7.31. The Morgan fingerprint density at radius 2 is 1.79 bits per heavy atom. The first-order valence-corrected chi connectivity index (χ1v) is 9.51. The van der Waals surface area contributed by atoms with Crippen LogP contribution in [0, 0.1) is 0 Å². The van der Waals surface area contributed by atoms with Crippen LogP contribution in [0.1, 0.15) is 33.1 Å². The van der Waals surface area contributed by atoms with Gasteiger partial charge < -0.3 is 9.47 Å². The Bertz CT molecular complexity index is 636. The largest absolute Gasteiger partial charge is 0.343 e. The monoisotopic (exact) mass is 346 g/mol. The van der Waals surface area contributed by atoms with Crippen LogP contribution in [0.2, 0.25) is 0 Å². The zero-order chi connectivity index (χ0) is 17.4. The van der Waals surface area contributed by atoms with E-state index in [0.29, 0.717) is 6.42 Å². The van der Waals surface area contributed by atoms with Gasteiger partial charge in [0.15, 0.2) is 11.0 Å². The van der Waals surface area contributed by atoms with Crippen molar-refractivity contribution in [3.05, 3.63) is 30.3 Å². The lowest BCUT2D eigenvalue weighted by Crippen LogP contribution is -2.32. The van der Waals surface area contributed by atoms with Crippen molar-refractivity contribution >= 4 is 17.7 Å². The molecule has 0 unspecified atom stereocenters. The molecule has 0 spiro atoms. The molecule has 0 radical (unpaired) electrons. The molecule has 0 fully saturated rings. The number of benzene rings is 1. The lowest BCUT2D eigenvalue weighted by atomic mass is 10.2. The van der Waals surface area contributed by atoms with E-state index < -0.39 is 0 Å². The van der Waals surface area contributed by atoms with Gasteiger partial charge in [-0.15, -0.1) is 10.2 Å². The summed E-state index contributed by atoms with van der Waals surface area (Å²) in [4.78, 5) is 14.3. The smallest absolute Gasteiger partial charge is 0.223 e. The van der Waals surface area contributed by atoms with Crippen molar-refractivity contribution in [2.24, 2.45) is 7.05 Å². The molecule has 1 heterocycles. The van der Waals surface area contributed by atoms with Gasteiger partial charge in [-0.25, -0.2) is 0 Å². The lowest BCUT2D eigenvalue weighted by molar-refractivity contribution is -0.130. The van der Waals surface area contributed by atoms with E-state index in [-0.39, 0.29) is 5.91 Å². The molecule has 1 amide bonds. The molecule has 24 heavy (non-hydrogen) atoms. The molecule has 2 rings (SSSR count). The van der Waals surface area contributed by atoms with E-state index in [1.54, 1.807) is 11.8 Å². The van der Waals surface area contributed by atoms with Crippen LogP contribution >= 0.6 is 11.8 Å². The van der Waals surface area contributed by atoms with Crippen LogP contribution in [0.4, 0.5) is 0 Å². The number of amides is 1. The second-order valence-corrected chi connectivity index (χ2v) is 6.77. The maximum absolute atomic E-state index is 12.3. The lowest BCUT2D eigenvalue weighted by Gasteiger charge is -2.21. The average molecular weight is 346 g/mol. The van der Waals surface area contributed by atoms with Crippen LogP contribution in [0.25, 0.3) is 11.4 Å². The minimum absolute atomic E-state index is 0.233. The molecular formula is C18H26N4OS. The normalized spacial score (nSPS) is 10.8. The summed E-state index contributed by atoms with van der Waals surface area (Å²) in [5, 5.41) is 9.38. The molecule has 6 heteroatoms. The Labute approximate surface area is 148 Å². The molecular weight excluding hydrogens is 320 g/mol. The van der Waals surface area contributed by atoms with E-state index in [1.165, 1.54) is 0 Å². The van der Waals surface area contributed by atoms with E-state index in [4.69, 9.17) is 0 Å². The minimum Gasteiger partial charge on any atom is -0.343 e. The molecule has 0 atom stereocenters. The summed E-state index contributed by atoms with van der Waals surface area (Å²) in [6, 6.07) is 10.0. The zero-order valence-corrected chi connectivity index (χ0v) is 15.6. The molecule has 0 aliphatic heterocycles. The number of aromatic nitrogens is 3. The second kappa shape index (κ2) is 9.47. The first-order valence-electron chi connectivity index (χ1n) is 8.52. The number of carbonyl (C=O) groups excluding carboxylic acids is 1. The maximum atomic E-state index is 12.3. The Morgan fingerprint density at radius 1 is 1.12 bits per heavy atom. The third-order valence-electron chi connectivity index (χ3n) is 3.75. The molecule has 0 aliphatic carbocycles. The van der Waals surface area contributed by atoms with Crippen molar-refractivity contribution in [2.45, 2.75) is 38.3 Å². The van der Waals surface area contributed by atoms with Crippen molar-refractivity contribution in [3.63, 3.8) is 0 Å². The Morgan fingerprint density at radius 3 is 2.42 bits per heavy atom. The van der Waals surface area contributed by atoms with Crippen molar-refractivity contribution in [3.8, 4) is 11.4 Å². The van der Waals surface area contributed by atoms with Gasteiger partial charge in [-0.2, -0.15) is 0 Å². The summed E-state index contributed by atoms with van der Waals surface area (Å²) in [5.41, 5.74) is 1.05. The number of nitrogens with zero attached hydrogens (tertiary/aromatic N) is 4. The quantitative estimate of drug-likeness (QED) is 0.651. The highest BCUT2D eigenvalue weighted by atomic mass is 32.2. The minimum atomic E-state index is 0.233. The number of hydrogen-bond acceptors (Lipinski definition) is 4. The topological polar surface area (TPSA) is 51.0 Å². The van der Waals surface area contributed by atoms with Crippen molar-refractivity contribution in [1.29, 1.82) is 0 Å². The van der Waals surface area contributed by atoms with E-state index in [9.17, 15) is 4.79 Å². The van der Waals surface area contributed by atoms with E-state index in [0.717, 1.165) is 48.2 Å². The highest BCUT2D eigenvalue weighted by Gasteiger charge is 2.14. The molecule has 1 aromatic heterocycles. The van der Waals surface area contributed by atoms with Gasteiger partial charge in [-0.1, -0.05) is 55.9 Å². The summed E-state index contributed by atoms with van der Waals surface area (Å²) in [5.74, 6) is 1.81. The first kappa shape index (κ1) is 18.5. The van der Waals surface area contributed by atoms with E-state index >= 15 is 0 Å². The Hall–Kier alpha value is -1.82. The van der Waals surface area contributed by atoms with Crippen molar-refractivity contribution < 1.29 is 4.79 Å². The third-order valence-corrected chi connectivity index (χ3v) is 4.78. The second-order valence-electron chi connectivity index (χ2n) is 5.71. The van der Waals surface area contributed by atoms with Crippen LogP contribution in [0.3, 0.4) is 0 Å². The average Bonchev–Trinajstić information content (AvgIpc) is 2.96. The van der Waals surface area contributed by atoms with Gasteiger partial charge in [0.1, 0.15) is 0 Å². The van der Waals surface area contributed by atoms with Crippen LogP contribution in [-0.4, -0.2) is 44.4 Å². The summed E-state index contributed by atoms with van der Waals surface area (Å²) in [6.45, 7) is 5.91. The van der Waals surface area contributed by atoms with Gasteiger partial charge in [-0.3, -0.25) is 4.79 Å². The molecule has 0 saturated heterocycles. The van der Waals surface area contributed by atoms with Crippen LogP contribution in [-0.2, 0) is 11.8 Å². The summed E-state index contributed by atoms with van der Waals surface area (Å²) in [7, 11) is 1.97. The molecule has 0 N–H and O–H groups in total. The fourth-order valence-electron chi connectivity index (χ4n) is 2.57. The maximum Gasteiger partial charge on any atom is 0.223 e. The number of hydrogen-bond donors (Lipinski definition) is 0. The van der Waals surface area contributed by atoms with Crippen LogP contribution < -0.4 is 0 Å². The summed E-state index contributed by atoms with van der Waals surface area (Å²) >= 11 is 1.59. The van der Waals surface area contributed by atoms with E-state index in [1.807, 2.05) is 46.8 Å². The zero-order valence-electron chi connectivity index (χ0n) is 14.7. The number of rotatable bonds is 9. The van der Waals surface area contributed by atoms with Gasteiger partial charge >= 0.3 is 0 Å². The van der Waals surface area contributed by atoms with Crippen molar-refractivity contribution in [2.75, 3.05) is 18.8 Å². The molecule has 0 saturated carbocycles. The van der Waals surface area contributed by atoms with Gasteiger partial charge in [0.2, 0.25) is 5.91 Å². The molecule has 0 bridgehead atoms. The van der Waals surface area contributed by atoms with Crippen LogP contribution in [0.5, 0.6) is 0 Å². The fourth-order valence-corrected chi connectivity index (χ4v) is 3.41.